The van der Waals surface area contributed by atoms with Gasteiger partial charge in [-0.15, -0.1) is 0 Å². The molecule has 1 saturated heterocycles. The highest BCUT2D eigenvalue weighted by Gasteiger charge is 2.32. The Kier molecular flexibility index (Phi) is 5.96. The van der Waals surface area contributed by atoms with Crippen LogP contribution < -0.4 is 4.90 Å². The third kappa shape index (κ3) is 4.22. The van der Waals surface area contributed by atoms with Gasteiger partial charge in [-0.05, 0) is 43.2 Å². The molecule has 1 aliphatic heterocycles. The molecule has 0 bridgehead atoms. The van der Waals surface area contributed by atoms with Crippen LogP contribution in [-0.2, 0) is 10.9 Å². The lowest BCUT2D eigenvalue weighted by molar-refractivity contribution is -0.141. The standard InChI is InChI=1S/C22H23F3N6O/c1-13-12-32-9-8-31(13)19-10-16(15-4-5-18(27-11-15)22(23,24)25)14(2)20(29-19)21(26-3)17-6-7-28-30-17/h4-7,10-11,13H,8-9,12H2,1-3H3,(H,28,30)/t13-/m1/s1. The maximum Gasteiger partial charge on any atom is 0.433 e. The molecule has 1 N–H and O–H groups in total. The molecule has 0 aromatic carbocycles. The number of alkyl halides is 3. The van der Waals surface area contributed by atoms with Crippen molar-refractivity contribution in [1.82, 2.24) is 20.2 Å². The molecular formula is C22H23F3N6O. The molecule has 0 saturated carbocycles. The number of aromatic amines is 1. The van der Waals surface area contributed by atoms with E-state index < -0.39 is 11.9 Å². The van der Waals surface area contributed by atoms with Gasteiger partial charge in [0.05, 0.1) is 30.6 Å². The monoisotopic (exact) mass is 444 g/mol. The number of hydrogen-bond acceptors (Lipinski definition) is 6. The molecule has 0 unspecified atom stereocenters. The number of aliphatic imine (C=N–C) groups is 1. The smallest absolute Gasteiger partial charge is 0.377 e. The molecular weight excluding hydrogens is 421 g/mol. The van der Waals surface area contributed by atoms with E-state index in [-0.39, 0.29) is 6.04 Å². The predicted molar refractivity (Wildman–Crippen MR) is 115 cm³/mol. The lowest BCUT2D eigenvalue weighted by Crippen LogP contribution is -2.44. The van der Waals surface area contributed by atoms with E-state index in [1.54, 1.807) is 19.3 Å². The number of anilines is 1. The Bertz CT molecular complexity index is 1110. The summed E-state index contributed by atoms with van der Waals surface area (Å²) in [5.41, 5.74) is 3.11. The van der Waals surface area contributed by atoms with Crippen molar-refractivity contribution >= 4 is 11.5 Å². The SMILES string of the molecule is CN=C(c1ccn[nH]1)c1nc(N2CCOC[C@H]2C)cc(-c2ccc(C(F)(F)F)nc2)c1C. The van der Waals surface area contributed by atoms with Crippen molar-refractivity contribution in [1.29, 1.82) is 0 Å². The maximum atomic E-state index is 13.0. The van der Waals surface area contributed by atoms with Gasteiger partial charge in [-0.1, -0.05) is 6.07 Å². The minimum atomic E-state index is -4.49. The molecule has 10 heteroatoms. The van der Waals surface area contributed by atoms with Crippen LogP contribution in [0.1, 0.15) is 29.6 Å². The molecule has 7 nitrogen and oxygen atoms in total. The zero-order chi connectivity index (χ0) is 22.9. The first-order valence-electron chi connectivity index (χ1n) is 10.2. The largest absolute Gasteiger partial charge is 0.433 e. The number of rotatable bonds is 4. The van der Waals surface area contributed by atoms with Crippen molar-refractivity contribution in [3.8, 4) is 11.1 Å². The van der Waals surface area contributed by atoms with Gasteiger partial charge in [-0.25, -0.2) is 4.98 Å². The molecule has 3 aromatic rings. The molecule has 4 heterocycles. The molecule has 0 spiro atoms. The second kappa shape index (κ2) is 8.70. The van der Waals surface area contributed by atoms with Crippen LogP contribution in [0.2, 0.25) is 0 Å². The van der Waals surface area contributed by atoms with Gasteiger partial charge in [0.2, 0.25) is 0 Å². The molecule has 1 fully saturated rings. The number of halogens is 3. The molecule has 0 radical (unpaired) electrons. The Balaban J connectivity index is 1.88. The lowest BCUT2D eigenvalue weighted by Gasteiger charge is -2.35. The molecule has 3 aromatic heterocycles. The number of hydrogen-bond donors (Lipinski definition) is 1. The van der Waals surface area contributed by atoms with E-state index in [1.165, 1.54) is 12.3 Å². The third-order valence-electron chi connectivity index (χ3n) is 5.49. The van der Waals surface area contributed by atoms with E-state index in [0.29, 0.717) is 48.2 Å². The van der Waals surface area contributed by atoms with Crippen molar-refractivity contribution in [2.24, 2.45) is 4.99 Å². The van der Waals surface area contributed by atoms with Crippen molar-refractivity contribution in [2.75, 3.05) is 31.7 Å². The minimum Gasteiger partial charge on any atom is -0.377 e. The molecule has 1 atom stereocenters. The fourth-order valence-electron chi connectivity index (χ4n) is 3.80. The van der Waals surface area contributed by atoms with Crippen LogP contribution in [0.15, 0.2) is 41.7 Å². The van der Waals surface area contributed by atoms with E-state index in [2.05, 4.69) is 25.1 Å². The fraction of sp³-hybridized carbons (Fsp3) is 0.364. The molecule has 4 rings (SSSR count). The summed E-state index contributed by atoms with van der Waals surface area (Å²) in [5.74, 6) is 0.706. The number of aromatic nitrogens is 4. The average molecular weight is 444 g/mol. The first kappa shape index (κ1) is 21.9. The molecule has 168 valence electrons. The average Bonchev–Trinajstić information content (AvgIpc) is 3.30. The Morgan fingerprint density at radius 3 is 2.69 bits per heavy atom. The Labute approximate surface area is 183 Å². The summed E-state index contributed by atoms with van der Waals surface area (Å²) in [6.07, 6.45) is -1.61. The number of morpholine rings is 1. The van der Waals surface area contributed by atoms with Crippen LogP contribution >= 0.6 is 0 Å². The Morgan fingerprint density at radius 1 is 1.28 bits per heavy atom. The van der Waals surface area contributed by atoms with Gasteiger partial charge in [0.1, 0.15) is 17.2 Å². The highest BCUT2D eigenvalue weighted by molar-refractivity contribution is 6.12. The first-order chi connectivity index (χ1) is 15.3. The summed E-state index contributed by atoms with van der Waals surface area (Å²) in [5, 5.41) is 6.92. The minimum absolute atomic E-state index is 0.0968. The van der Waals surface area contributed by atoms with Crippen molar-refractivity contribution in [3.05, 3.63) is 59.3 Å². The van der Waals surface area contributed by atoms with Crippen molar-refractivity contribution < 1.29 is 17.9 Å². The van der Waals surface area contributed by atoms with Gasteiger partial charge in [0.25, 0.3) is 0 Å². The number of ether oxygens (including phenoxy) is 1. The van der Waals surface area contributed by atoms with Crippen molar-refractivity contribution in [2.45, 2.75) is 26.1 Å². The van der Waals surface area contributed by atoms with Crippen LogP contribution in [0, 0.1) is 6.92 Å². The van der Waals surface area contributed by atoms with Gasteiger partial charge in [0.15, 0.2) is 0 Å². The maximum absolute atomic E-state index is 13.0. The molecule has 1 aliphatic rings. The summed E-state index contributed by atoms with van der Waals surface area (Å²) in [7, 11) is 1.67. The van der Waals surface area contributed by atoms with Crippen LogP contribution in [0.4, 0.5) is 19.0 Å². The number of H-pyrrole nitrogens is 1. The van der Waals surface area contributed by atoms with Crippen LogP contribution in [0.5, 0.6) is 0 Å². The number of nitrogens with one attached hydrogen (secondary N) is 1. The molecule has 0 amide bonds. The zero-order valence-electron chi connectivity index (χ0n) is 17.9. The van der Waals surface area contributed by atoms with Gasteiger partial charge >= 0.3 is 6.18 Å². The molecule has 0 aliphatic carbocycles. The highest BCUT2D eigenvalue weighted by atomic mass is 19.4. The summed E-state index contributed by atoms with van der Waals surface area (Å²) in [4.78, 5) is 15.1. The second-order valence-corrected chi connectivity index (χ2v) is 7.59. The number of pyridine rings is 2. The second-order valence-electron chi connectivity index (χ2n) is 7.59. The van der Waals surface area contributed by atoms with Gasteiger partial charge in [0, 0.05) is 31.5 Å². The quantitative estimate of drug-likeness (QED) is 0.618. The Morgan fingerprint density at radius 2 is 2.09 bits per heavy atom. The summed E-state index contributed by atoms with van der Waals surface area (Å²) < 4.78 is 44.6. The van der Waals surface area contributed by atoms with E-state index in [4.69, 9.17) is 9.72 Å². The Hall–Kier alpha value is -3.27. The lowest BCUT2D eigenvalue weighted by atomic mass is 9.97. The first-order valence-corrected chi connectivity index (χ1v) is 10.2. The van der Waals surface area contributed by atoms with Gasteiger partial charge in [-0.2, -0.15) is 18.3 Å². The van der Waals surface area contributed by atoms with E-state index >= 15 is 0 Å². The topological polar surface area (TPSA) is 79.3 Å². The van der Waals surface area contributed by atoms with Crippen molar-refractivity contribution in [3.63, 3.8) is 0 Å². The van der Waals surface area contributed by atoms with Gasteiger partial charge < -0.3 is 9.64 Å². The number of nitrogens with zero attached hydrogens (tertiary/aromatic N) is 5. The molecule has 32 heavy (non-hydrogen) atoms. The normalized spacial score (nSPS) is 17.6. The fourth-order valence-corrected chi connectivity index (χ4v) is 3.80. The van der Waals surface area contributed by atoms with Crippen LogP contribution in [0.3, 0.4) is 0 Å². The third-order valence-corrected chi connectivity index (χ3v) is 5.49. The summed E-state index contributed by atoms with van der Waals surface area (Å²) in [6, 6.07) is 6.22. The van der Waals surface area contributed by atoms with E-state index in [1.807, 2.05) is 19.9 Å². The van der Waals surface area contributed by atoms with Crippen LogP contribution in [0.25, 0.3) is 11.1 Å². The van der Waals surface area contributed by atoms with Crippen LogP contribution in [-0.4, -0.2) is 58.7 Å². The zero-order valence-corrected chi connectivity index (χ0v) is 17.9. The van der Waals surface area contributed by atoms with Gasteiger partial charge in [-0.3, -0.25) is 15.1 Å². The summed E-state index contributed by atoms with van der Waals surface area (Å²) in [6.45, 7) is 5.72. The summed E-state index contributed by atoms with van der Waals surface area (Å²) >= 11 is 0. The van der Waals surface area contributed by atoms with E-state index in [0.717, 1.165) is 17.2 Å². The van der Waals surface area contributed by atoms with E-state index in [9.17, 15) is 13.2 Å². The predicted octanol–water partition coefficient (Wildman–Crippen LogP) is 3.89. The highest BCUT2D eigenvalue weighted by Crippen LogP contribution is 2.33.